The summed E-state index contributed by atoms with van der Waals surface area (Å²) < 4.78 is 0. The first-order valence-corrected chi connectivity index (χ1v) is 18.8. The number of hydrogen-bond donors (Lipinski definition) is 0. The van der Waals surface area contributed by atoms with Crippen molar-refractivity contribution in [2.75, 3.05) is 4.90 Å². The zero-order chi connectivity index (χ0) is 36.6. The third-order valence-corrected chi connectivity index (χ3v) is 10.8. The third-order valence-electron chi connectivity index (χ3n) is 10.8. The fourth-order valence-corrected chi connectivity index (χ4v) is 8.17. The Balaban J connectivity index is 1.02. The molecule has 0 unspecified atom stereocenters. The molecule has 10 rings (SSSR count). The molecule has 9 aromatic carbocycles. The van der Waals surface area contributed by atoms with Gasteiger partial charge in [0.05, 0.1) is 11.9 Å². The Kier molecular flexibility index (Phi) is 8.20. The number of rotatable bonds is 7. The Morgan fingerprint density at radius 2 is 0.745 bits per heavy atom. The van der Waals surface area contributed by atoms with Gasteiger partial charge in [-0.15, -0.1) is 0 Å². The van der Waals surface area contributed by atoms with Crippen LogP contribution in [0.25, 0.3) is 76.8 Å². The van der Waals surface area contributed by atoms with Crippen LogP contribution < -0.4 is 4.90 Å². The van der Waals surface area contributed by atoms with Crippen LogP contribution in [0.2, 0.25) is 0 Å². The van der Waals surface area contributed by atoms with Crippen molar-refractivity contribution in [3.8, 4) is 44.5 Å². The Labute approximate surface area is 321 Å². The Hall–Kier alpha value is -7.29. The van der Waals surface area contributed by atoms with E-state index in [1.165, 1.54) is 76.8 Å². The SMILES string of the molecule is c1ccc(-c2ccc(N(c3ccc(-c4ccc(-c5c6ccccc6c(-c6cccc7ccccc67)c6ccccc56)cc4)cc3)c3cccnc3)cc2)cc1. The number of nitrogens with zero attached hydrogens (tertiary/aromatic N) is 2. The fraction of sp³-hybridized carbons (Fsp3) is 0. The van der Waals surface area contributed by atoms with Crippen LogP contribution in [-0.2, 0) is 0 Å². The lowest BCUT2D eigenvalue weighted by atomic mass is 9.84. The first-order chi connectivity index (χ1) is 27.3. The molecule has 0 aliphatic rings. The maximum atomic E-state index is 4.45. The first kappa shape index (κ1) is 32.4. The van der Waals surface area contributed by atoms with Gasteiger partial charge in [0.1, 0.15) is 0 Å². The average Bonchev–Trinajstić information content (AvgIpc) is 3.27. The monoisotopic (exact) mass is 700 g/mol. The highest BCUT2D eigenvalue weighted by Gasteiger charge is 2.18. The summed E-state index contributed by atoms with van der Waals surface area (Å²) in [6.45, 7) is 0. The molecule has 0 aliphatic carbocycles. The van der Waals surface area contributed by atoms with Gasteiger partial charge in [-0.05, 0) is 113 Å². The largest absolute Gasteiger partial charge is 0.309 e. The summed E-state index contributed by atoms with van der Waals surface area (Å²) in [7, 11) is 0. The molecule has 0 fully saturated rings. The number of fused-ring (bicyclic) bond motifs is 3. The van der Waals surface area contributed by atoms with E-state index >= 15 is 0 Å². The minimum absolute atomic E-state index is 1.01. The Morgan fingerprint density at radius 1 is 0.291 bits per heavy atom. The van der Waals surface area contributed by atoms with Crippen LogP contribution in [0, 0.1) is 0 Å². The van der Waals surface area contributed by atoms with Crippen molar-refractivity contribution in [2.24, 2.45) is 0 Å². The number of benzene rings is 9. The van der Waals surface area contributed by atoms with Gasteiger partial charge < -0.3 is 4.90 Å². The molecule has 55 heavy (non-hydrogen) atoms. The van der Waals surface area contributed by atoms with E-state index in [0.29, 0.717) is 0 Å². The highest BCUT2D eigenvalue weighted by molar-refractivity contribution is 6.23. The van der Waals surface area contributed by atoms with Crippen molar-refractivity contribution < 1.29 is 0 Å². The minimum atomic E-state index is 1.01. The van der Waals surface area contributed by atoms with Crippen molar-refractivity contribution in [1.82, 2.24) is 4.98 Å². The molecule has 0 N–H and O–H groups in total. The summed E-state index contributed by atoms with van der Waals surface area (Å²) in [4.78, 5) is 6.71. The summed E-state index contributed by atoms with van der Waals surface area (Å²) in [5, 5.41) is 7.57. The van der Waals surface area contributed by atoms with Gasteiger partial charge in [-0.3, -0.25) is 4.98 Å². The van der Waals surface area contributed by atoms with Crippen molar-refractivity contribution in [3.05, 3.63) is 219 Å². The highest BCUT2D eigenvalue weighted by atomic mass is 15.1. The molecule has 2 nitrogen and oxygen atoms in total. The van der Waals surface area contributed by atoms with Crippen LogP contribution in [0.1, 0.15) is 0 Å². The zero-order valence-corrected chi connectivity index (χ0v) is 30.2. The van der Waals surface area contributed by atoms with Crippen LogP contribution in [0.3, 0.4) is 0 Å². The average molecular weight is 701 g/mol. The predicted octanol–water partition coefficient (Wildman–Crippen LogP) is 14.7. The van der Waals surface area contributed by atoms with Crippen LogP contribution in [0.15, 0.2) is 219 Å². The maximum Gasteiger partial charge on any atom is 0.0644 e. The quantitative estimate of drug-likeness (QED) is 0.154. The normalized spacial score (nSPS) is 11.3. The molecule has 1 aromatic heterocycles. The van der Waals surface area contributed by atoms with Gasteiger partial charge >= 0.3 is 0 Å². The third kappa shape index (κ3) is 5.91. The molecule has 1 heterocycles. The van der Waals surface area contributed by atoms with Gasteiger partial charge in [0.25, 0.3) is 0 Å². The van der Waals surface area contributed by atoms with E-state index in [4.69, 9.17) is 0 Å². The van der Waals surface area contributed by atoms with E-state index in [2.05, 4.69) is 210 Å². The Morgan fingerprint density at radius 3 is 1.31 bits per heavy atom. The minimum Gasteiger partial charge on any atom is -0.309 e. The summed E-state index contributed by atoms with van der Waals surface area (Å²) in [5.74, 6) is 0. The molecule has 258 valence electrons. The summed E-state index contributed by atoms with van der Waals surface area (Å²) in [6.07, 6.45) is 3.73. The van der Waals surface area contributed by atoms with Gasteiger partial charge in [-0.25, -0.2) is 0 Å². The van der Waals surface area contributed by atoms with Crippen molar-refractivity contribution in [3.63, 3.8) is 0 Å². The number of aromatic nitrogens is 1. The van der Waals surface area contributed by atoms with Gasteiger partial charge in [0.2, 0.25) is 0 Å². The lowest BCUT2D eigenvalue weighted by Crippen LogP contribution is -2.10. The van der Waals surface area contributed by atoms with E-state index in [1.807, 2.05) is 18.5 Å². The van der Waals surface area contributed by atoms with E-state index in [-0.39, 0.29) is 0 Å². The molecule has 0 atom stereocenters. The zero-order valence-electron chi connectivity index (χ0n) is 30.2. The second-order valence-corrected chi connectivity index (χ2v) is 14.0. The molecular formula is C53H36N2. The van der Waals surface area contributed by atoms with Gasteiger partial charge in [-0.1, -0.05) is 170 Å². The molecule has 0 saturated heterocycles. The molecule has 0 bridgehead atoms. The molecule has 0 saturated carbocycles. The smallest absolute Gasteiger partial charge is 0.0644 e. The van der Waals surface area contributed by atoms with Crippen molar-refractivity contribution in [1.29, 1.82) is 0 Å². The molecule has 0 amide bonds. The molecule has 0 radical (unpaired) electrons. The lowest BCUT2D eigenvalue weighted by molar-refractivity contribution is 1.23. The maximum absolute atomic E-state index is 4.45. The standard InChI is InChI=1S/C53H36N2/c1-2-12-37(13-3-1)39-27-31-43(32-28-39)55(45-16-11-35-54-36-45)44-33-29-40(30-34-44)38-23-25-42(26-24-38)52-48-18-6-8-20-50(48)53(51-21-9-7-19-49(51)52)47-22-10-15-41-14-4-5-17-46(41)47/h1-36H. The summed E-state index contributed by atoms with van der Waals surface area (Å²) in [5.41, 5.74) is 12.9. The fourth-order valence-electron chi connectivity index (χ4n) is 8.17. The van der Waals surface area contributed by atoms with E-state index in [0.717, 1.165) is 17.1 Å². The van der Waals surface area contributed by atoms with Crippen LogP contribution in [-0.4, -0.2) is 4.98 Å². The van der Waals surface area contributed by atoms with E-state index in [9.17, 15) is 0 Å². The predicted molar refractivity (Wildman–Crippen MR) is 233 cm³/mol. The van der Waals surface area contributed by atoms with Gasteiger partial charge in [-0.2, -0.15) is 0 Å². The lowest BCUT2D eigenvalue weighted by Gasteiger charge is -2.25. The first-order valence-electron chi connectivity index (χ1n) is 18.8. The summed E-state index contributed by atoms with van der Waals surface area (Å²) in [6, 6.07) is 74.4. The molecule has 2 heteroatoms. The highest BCUT2D eigenvalue weighted by Crippen LogP contribution is 2.45. The molecule has 0 aliphatic heterocycles. The Bertz CT molecular complexity index is 2870. The second kappa shape index (κ2) is 13.9. The molecule has 10 aromatic rings. The molecule has 0 spiro atoms. The number of anilines is 3. The van der Waals surface area contributed by atoms with Crippen LogP contribution in [0.4, 0.5) is 17.1 Å². The van der Waals surface area contributed by atoms with Crippen LogP contribution in [0.5, 0.6) is 0 Å². The van der Waals surface area contributed by atoms with E-state index in [1.54, 1.807) is 0 Å². The topological polar surface area (TPSA) is 16.1 Å². The van der Waals surface area contributed by atoms with Gasteiger partial charge in [0, 0.05) is 17.6 Å². The summed E-state index contributed by atoms with van der Waals surface area (Å²) >= 11 is 0. The molecular weight excluding hydrogens is 665 g/mol. The van der Waals surface area contributed by atoms with Gasteiger partial charge in [0.15, 0.2) is 0 Å². The van der Waals surface area contributed by atoms with E-state index < -0.39 is 0 Å². The van der Waals surface area contributed by atoms with Crippen LogP contribution >= 0.6 is 0 Å². The number of pyridine rings is 1. The second-order valence-electron chi connectivity index (χ2n) is 14.0. The number of hydrogen-bond acceptors (Lipinski definition) is 2. The van der Waals surface area contributed by atoms with Crippen molar-refractivity contribution >= 4 is 49.4 Å². The van der Waals surface area contributed by atoms with Crippen molar-refractivity contribution in [2.45, 2.75) is 0 Å².